The fourth-order valence-corrected chi connectivity index (χ4v) is 2.45. The van der Waals surface area contributed by atoms with Crippen molar-refractivity contribution in [3.8, 4) is 0 Å². The number of ether oxygens (including phenoxy) is 1. The number of non-ortho nitro benzene ring substituents is 1. The van der Waals surface area contributed by atoms with E-state index in [1.165, 1.54) is 12.1 Å². The SMILES string of the molecule is Cc1nc2ccccc2n1CC(=O)OCc1ccc([N+](=O)[O-])cc1. The maximum Gasteiger partial charge on any atom is 0.326 e. The Balaban J connectivity index is 1.65. The van der Waals surface area contributed by atoms with Crippen LogP contribution in [0.25, 0.3) is 11.0 Å². The average Bonchev–Trinajstić information content (AvgIpc) is 2.89. The summed E-state index contributed by atoms with van der Waals surface area (Å²) < 4.78 is 7.05. The van der Waals surface area contributed by atoms with Crippen molar-refractivity contribution in [2.75, 3.05) is 0 Å². The van der Waals surface area contributed by atoms with Gasteiger partial charge in [0, 0.05) is 12.1 Å². The number of fused-ring (bicyclic) bond motifs is 1. The van der Waals surface area contributed by atoms with Crippen LogP contribution < -0.4 is 0 Å². The second-order valence-corrected chi connectivity index (χ2v) is 5.32. The van der Waals surface area contributed by atoms with E-state index < -0.39 is 4.92 Å². The summed E-state index contributed by atoms with van der Waals surface area (Å²) in [7, 11) is 0. The Morgan fingerprint density at radius 1 is 1.21 bits per heavy atom. The highest BCUT2D eigenvalue weighted by atomic mass is 16.6. The molecule has 0 N–H and O–H groups in total. The van der Waals surface area contributed by atoms with Crippen LogP contribution in [0.4, 0.5) is 5.69 Å². The predicted octanol–water partition coefficient (Wildman–Crippen LogP) is 3.00. The third-order valence-corrected chi connectivity index (χ3v) is 3.68. The van der Waals surface area contributed by atoms with Crippen molar-refractivity contribution in [2.45, 2.75) is 20.1 Å². The number of aromatic nitrogens is 2. The van der Waals surface area contributed by atoms with Gasteiger partial charge in [-0.1, -0.05) is 12.1 Å². The zero-order chi connectivity index (χ0) is 17.1. The van der Waals surface area contributed by atoms with E-state index >= 15 is 0 Å². The normalized spacial score (nSPS) is 10.7. The molecular formula is C17H15N3O4. The molecule has 0 saturated heterocycles. The van der Waals surface area contributed by atoms with Crippen LogP contribution in [0.1, 0.15) is 11.4 Å². The maximum absolute atomic E-state index is 12.1. The molecule has 7 heteroatoms. The molecule has 0 spiro atoms. The van der Waals surface area contributed by atoms with Gasteiger partial charge in [-0.05, 0) is 36.8 Å². The van der Waals surface area contributed by atoms with E-state index in [4.69, 9.17) is 4.74 Å². The quantitative estimate of drug-likeness (QED) is 0.409. The Bertz CT molecular complexity index is 900. The molecule has 3 aromatic rings. The molecule has 0 unspecified atom stereocenters. The van der Waals surface area contributed by atoms with E-state index in [1.54, 1.807) is 16.7 Å². The summed E-state index contributed by atoms with van der Waals surface area (Å²) in [6.07, 6.45) is 0. The Morgan fingerprint density at radius 3 is 2.62 bits per heavy atom. The lowest BCUT2D eigenvalue weighted by Crippen LogP contribution is -2.14. The molecule has 2 aromatic carbocycles. The molecule has 1 aromatic heterocycles. The smallest absolute Gasteiger partial charge is 0.326 e. The third kappa shape index (κ3) is 3.24. The second kappa shape index (κ2) is 6.49. The van der Waals surface area contributed by atoms with Crippen molar-refractivity contribution in [1.82, 2.24) is 9.55 Å². The monoisotopic (exact) mass is 325 g/mol. The van der Waals surface area contributed by atoms with Crippen LogP contribution in [0, 0.1) is 17.0 Å². The van der Waals surface area contributed by atoms with Gasteiger partial charge < -0.3 is 9.30 Å². The molecule has 0 aliphatic rings. The summed E-state index contributed by atoms with van der Waals surface area (Å²) in [5, 5.41) is 10.6. The molecule has 1 heterocycles. The Labute approximate surface area is 137 Å². The summed E-state index contributed by atoms with van der Waals surface area (Å²) in [6.45, 7) is 1.98. The number of nitro groups is 1. The molecule has 0 aliphatic carbocycles. The minimum Gasteiger partial charge on any atom is -0.459 e. The van der Waals surface area contributed by atoms with E-state index in [0.29, 0.717) is 5.56 Å². The standard InChI is InChI=1S/C17H15N3O4/c1-12-18-15-4-2-3-5-16(15)19(12)10-17(21)24-11-13-6-8-14(9-7-13)20(22)23/h2-9H,10-11H2,1H3. The molecule has 7 nitrogen and oxygen atoms in total. The first-order chi connectivity index (χ1) is 11.5. The first-order valence-electron chi connectivity index (χ1n) is 7.35. The van der Waals surface area contributed by atoms with Crippen molar-refractivity contribution in [3.63, 3.8) is 0 Å². The van der Waals surface area contributed by atoms with Gasteiger partial charge in [-0.25, -0.2) is 4.98 Å². The van der Waals surface area contributed by atoms with Crippen LogP contribution in [0.3, 0.4) is 0 Å². The number of nitrogens with zero attached hydrogens (tertiary/aromatic N) is 3. The lowest BCUT2D eigenvalue weighted by molar-refractivity contribution is -0.384. The van der Waals surface area contributed by atoms with Crippen molar-refractivity contribution < 1.29 is 14.5 Å². The van der Waals surface area contributed by atoms with Gasteiger partial charge in [-0.2, -0.15) is 0 Å². The highest BCUT2D eigenvalue weighted by molar-refractivity contribution is 5.78. The van der Waals surface area contributed by atoms with Crippen molar-refractivity contribution in [2.24, 2.45) is 0 Å². The number of aryl methyl sites for hydroxylation is 1. The van der Waals surface area contributed by atoms with Gasteiger partial charge in [0.05, 0.1) is 16.0 Å². The highest BCUT2D eigenvalue weighted by Crippen LogP contribution is 2.16. The number of rotatable bonds is 5. The van der Waals surface area contributed by atoms with E-state index in [9.17, 15) is 14.9 Å². The number of benzene rings is 2. The number of esters is 1. The molecule has 0 fully saturated rings. The van der Waals surface area contributed by atoms with Gasteiger partial charge >= 0.3 is 5.97 Å². The van der Waals surface area contributed by atoms with E-state index in [2.05, 4.69) is 4.98 Å². The third-order valence-electron chi connectivity index (χ3n) is 3.68. The number of imidazole rings is 1. The number of hydrogen-bond acceptors (Lipinski definition) is 5. The lowest BCUT2D eigenvalue weighted by Gasteiger charge is -2.08. The van der Waals surface area contributed by atoms with Crippen molar-refractivity contribution >= 4 is 22.7 Å². The molecule has 3 rings (SSSR count). The Kier molecular flexibility index (Phi) is 4.24. The van der Waals surface area contributed by atoms with Crippen LogP contribution in [0.5, 0.6) is 0 Å². The molecule has 24 heavy (non-hydrogen) atoms. The molecule has 0 atom stereocenters. The van der Waals surface area contributed by atoms with Crippen LogP contribution in [-0.4, -0.2) is 20.4 Å². The number of para-hydroxylation sites is 2. The summed E-state index contributed by atoms with van der Waals surface area (Å²) in [4.78, 5) is 26.6. The number of carbonyl (C=O) groups is 1. The molecule has 0 radical (unpaired) electrons. The maximum atomic E-state index is 12.1. The van der Waals surface area contributed by atoms with Crippen LogP contribution in [0.2, 0.25) is 0 Å². The van der Waals surface area contributed by atoms with Gasteiger partial charge in [0.2, 0.25) is 0 Å². The molecule has 0 saturated carbocycles. The fraction of sp³-hybridized carbons (Fsp3) is 0.176. The summed E-state index contributed by atoms with van der Waals surface area (Å²) in [6, 6.07) is 13.5. The van der Waals surface area contributed by atoms with Crippen LogP contribution >= 0.6 is 0 Å². The molecule has 122 valence electrons. The zero-order valence-corrected chi connectivity index (χ0v) is 13.0. The average molecular weight is 325 g/mol. The fourth-order valence-electron chi connectivity index (χ4n) is 2.45. The molecule has 0 amide bonds. The van der Waals surface area contributed by atoms with E-state index in [0.717, 1.165) is 16.9 Å². The van der Waals surface area contributed by atoms with Gasteiger partial charge in [0.15, 0.2) is 0 Å². The number of nitro benzene ring substituents is 1. The largest absolute Gasteiger partial charge is 0.459 e. The summed E-state index contributed by atoms with van der Waals surface area (Å²) in [5.41, 5.74) is 2.41. The van der Waals surface area contributed by atoms with Gasteiger partial charge in [-0.15, -0.1) is 0 Å². The summed E-state index contributed by atoms with van der Waals surface area (Å²) >= 11 is 0. The second-order valence-electron chi connectivity index (χ2n) is 5.32. The first kappa shape index (κ1) is 15.7. The van der Waals surface area contributed by atoms with Crippen molar-refractivity contribution in [1.29, 1.82) is 0 Å². The lowest BCUT2D eigenvalue weighted by atomic mass is 10.2. The van der Waals surface area contributed by atoms with Crippen LogP contribution in [0.15, 0.2) is 48.5 Å². The first-order valence-corrected chi connectivity index (χ1v) is 7.35. The molecule has 0 bridgehead atoms. The van der Waals surface area contributed by atoms with Gasteiger partial charge in [0.25, 0.3) is 5.69 Å². The topological polar surface area (TPSA) is 87.3 Å². The van der Waals surface area contributed by atoms with Gasteiger partial charge in [0.1, 0.15) is 19.0 Å². The zero-order valence-electron chi connectivity index (χ0n) is 13.0. The molecule has 0 aliphatic heterocycles. The minimum atomic E-state index is -0.470. The number of carbonyl (C=O) groups excluding carboxylic acids is 1. The highest BCUT2D eigenvalue weighted by Gasteiger charge is 2.12. The Hall–Kier alpha value is -3.22. The van der Waals surface area contributed by atoms with Crippen LogP contribution in [-0.2, 0) is 22.7 Å². The van der Waals surface area contributed by atoms with E-state index in [-0.39, 0.29) is 24.8 Å². The van der Waals surface area contributed by atoms with E-state index in [1.807, 2.05) is 31.2 Å². The Morgan fingerprint density at radius 2 is 1.92 bits per heavy atom. The predicted molar refractivity (Wildman–Crippen MR) is 87.4 cm³/mol. The minimum absolute atomic E-state index is 0.00517. The number of hydrogen-bond donors (Lipinski definition) is 0. The molecular weight excluding hydrogens is 310 g/mol. The summed E-state index contributed by atoms with van der Waals surface area (Å²) in [5.74, 6) is 0.350. The van der Waals surface area contributed by atoms with Gasteiger partial charge in [-0.3, -0.25) is 14.9 Å². The van der Waals surface area contributed by atoms with Crippen molar-refractivity contribution in [3.05, 3.63) is 70.0 Å².